The summed E-state index contributed by atoms with van der Waals surface area (Å²) in [6.07, 6.45) is 0. The van der Waals surface area contributed by atoms with E-state index in [2.05, 4.69) is 26.2 Å². The molecule has 0 radical (unpaired) electrons. The van der Waals surface area contributed by atoms with Crippen LogP contribution in [0, 0.1) is 5.95 Å². The molecule has 0 saturated carbocycles. The minimum atomic E-state index is -0.661. The Morgan fingerprint density at radius 2 is 1.94 bits per heavy atom. The Morgan fingerprint density at radius 1 is 1.22 bits per heavy atom. The van der Waals surface area contributed by atoms with Gasteiger partial charge < -0.3 is 5.32 Å². The van der Waals surface area contributed by atoms with Crippen LogP contribution in [-0.4, -0.2) is 10.9 Å². The number of pyridine rings is 1. The van der Waals surface area contributed by atoms with Crippen LogP contribution >= 0.6 is 15.9 Å². The number of amides is 1. The maximum Gasteiger partial charge on any atom is 0.270 e. The number of carbonyl (C=O) groups is 1. The summed E-state index contributed by atoms with van der Waals surface area (Å²) in [6.45, 7) is 0.379. The monoisotopic (exact) mass is 308 g/mol. The summed E-state index contributed by atoms with van der Waals surface area (Å²) in [6, 6.07) is 11.7. The molecule has 0 unspecified atom stereocenters. The lowest BCUT2D eigenvalue weighted by molar-refractivity contribution is 0.0944. The molecule has 5 heteroatoms. The lowest BCUT2D eigenvalue weighted by atomic mass is 10.2. The fourth-order valence-electron chi connectivity index (χ4n) is 1.41. The molecule has 18 heavy (non-hydrogen) atoms. The molecule has 0 aliphatic rings. The molecule has 1 N–H and O–H groups in total. The number of nitrogens with one attached hydrogen (secondary N) is 1. The highest BCUT2D eigenvalue weighted by Crippen LogP contribution is 2.10. The first-order valence-corrected chi connectivity index (χ1v) is 6.09. The largest absolute Gasteiger partial charge is 0.347 e. The third-order valence-electron chi connectivity index (χ3n) is 2.31. The molecule has 2 aromatic rings. The predicted molar refractivity (Wildman–Crippen MR) is 69.5 cm³/mol. The third kappa shape index (κ3) is 3.37. The summed E-state index contributed by atoms with van der Waals surface area (Å²) in [4.78, 5) is 15.2. The number of hydrogen-bond donors (Lipinski definition) is 1. The summed E-state index contributed by atoms with van der Waals surface area (Å²) in [5.41, 5.74) is 1.04. The quantitative estimate of drug-likeness (QED) is 0.886. The smallest absolute Gasteiger partial charge is 0.270 e. The first kappa shape index (κ1) is 12.7. The van der Waals surface area contributed by atoms with Crippen LogP contribution in [0.15, 0.2) is 46.9 Å². The van der Waals surface area contributed by atoms with Crippen molar-refractivity contribution in [3.63, 3.8) is 0 Å². The van der Waals surface area contributed by atoms with E-state index in [-0.39, 0.29) is 5.69 Å². The first-order valence-electron chi connectivity index (χ1n) is 5.30. The second kappa shape index (κ2) is 5.73. The van der Waals surface area contributed by atoms with Gasteiger partial charge in [0.15, 0.2) is 0 Å². The summed E-state index contributed by atoms with van der Waals surface area (Å²) in [7, 11) is 0. The van der Waals surface area contributed by atoms with Gasteiger partial charge in [-0.15, -0.1) is 0 Å². The Kier molecular flexibility index (Phi) is 4.04. The zero-order valence-corrected chi connectivity index (χ0v) is 10.9. The molecule has 0 saturated heterocycles. The van der Waals surface area contributed by atoms with Crippen molar-refractivity contribution in [3.8, 4) is 0 Å². The Hall–Kier alpha value is -1.75. The zero-order chi connectivity index (χ0) is 13.0. The van der Waals surface area contributed by atoms with Crippen molar-refractivity contribution in [2.75, 3.05) is 0 Å². The van der Waals surface area contributed by atoms with E-state index >= 15 is 0 Å². The van der Waals surface area contributed by atoms with E-state index in [1.54, 1.807) is 0 Å². The van der Waals surface area contributed by atoms with Crippen LogP contribution in [0.25, 0.3) is 0 Å². The SMILES string of the molecule is O=C(NCc1ccc(Br)cc1)c1cccc(F)n1. The highest BCUT2D eigenvalue weighted by molar-refractivity contribution is 9.10. The van der Waals surface area contributed by atoms with Gasteiger partial charge in [-0.3, -0.25) is 4.79 Å². The van der Waals surface area contributed by atoms with Gasteiger partial charge in [0, 0.05) is 11.0 Å². The molecule has 1 aromatic heterocycles. The maximum absolute atomic E-state index is 12.8. The van der Waals surface area contributed by atoms with Crippen molar-refractivity contribution >= 4 is 21.8 Å². The number of halogens is 2. The number of benzene rings is 1. The second-order valence-electron chi connectivity index (χ2n) is 3.65. The molecule has 0 bridgehead atoms. The molecule has 0 aliphatic carbocycles. The Morgan fingerprint density at radius 3 is 2.61 bits per heavy atom. The molecular formula is C13H10BrFN2O. The fraction of sp³-hybridized carbons (Fsp3) is 0.0769. The number of rotatable bonds is 3. The van der Waals surface area contributed by atoms with Crippen molar-refractivity contribution in [2.24, 2.45) is 0 Å². The summed E-state index contributed by atoms with van der Waals surface area (Å²) in [5, 5.41) is 2.68. The highest BCUT2D eigenvalue weighted by atomic mass is 79.9. The van der Waals surface area contributed by atoms with E-state index in [0.717, 1.165) is 10.0 Å². The summed E-state index contributed by atoms with van der Waals surface area (Å²) in [5.74, 6) is -1.05. The van der Waals surface area contributed by atoms with E-state index in [0.29, 0.717) is 6.54 Å². The lowest BCUT2D eigenvalue weighted by Crippen LogP contribution is -2.23. The molecule has 2 rings (SSSR count). The standard InChI is InChI=1S/C13H10BrFN2O/c14-10-6-4-9(5-7-10)8-16-13(18)11-2-1-3-12(15)17-11/h1-7H,8H2,(H,16,18). The van der Waals surface area contributed by atoms with Gasteiger partial charge in [-0.25, -0.2) is 4.98 Å². The number of aromatic nitrogens is 1. The molecule has 0 atom stereocenters. The zero-order valence-electron chi connectivity index (χ0n) is 9.36. The molecule has 0 spiro atoms. The maximum atomic E-state index is 12.8. The van der Waals surface area contributed by atoms with Crippen molar-refractivity contribution in [1.29, 1.82) is 0 Å². The van der Waals surface area contributed by atoms with Crippen LogP contribution in [0.5, 0.6) is 0 Å². The van der Waals surface area contributed by atoms with Crippen LogP contribution in [0.3, 0.4) is 0 Å². The molecule has 92 valence electrons. The topological polar surface area (TPSA) is 42.0 Å². The minimum Gasteiger partial charge on any atom is -0.347 e. The van der Waals surface area contributed by atoms with E-state index in [1.165, 1.54) is 18.2 Å². The molecule has 1 amide bonds. The van der Waals surface area contributed by atoms with E-state index in [4.69, 9.17) is 0 Å². The van der Waals surface area contributed by atoms with Crippen molar-refractivity contribution in [1.82, 2.24) is 10.3 Å². The normalized spacial score (nSPS) is 10.1. The minimum absolute atomic E-state index is 0.0760. The van der Waals surface area contributed by atoms with Gasteiger partial charge in [0.05, 0.1) is 0 Å². The Bertz CT molecular complexity index is 557. The van der Waals surface area contributed by atoms with Gasteiger partial charge in [-0.05, 0) is 29.8 Å². The summed E-state index contributed by atoms with van der Waals surface area (Å²) < 4.78 is 13.8. The predicted octanol–water partition coefficient (Wildman–Crippen LogP) is 2.91. The van der Waals surface area contributed by atoms with Crippen LogP contribution in [0.1, 0.15) is 16.1 Å². The lowest BCUT2D eigenvalue weighted by Gasteiger charge is -2.05. The van der Waals surface area contributed by atoms with Gasteiger partial charge in [-0.2, -0.15) is 4.39 Å². The summed E-state index contributed by atoms with van der Waals surface area (Å²) >= 11 is 3.33. The van der Waals surface area contributed by atoms with Gasteiger partial charge in [-0.1, -0.05) is 34.1 Å². The van der Waals surface area contributed by atoms with Gasteiger partial charge in [0.1, 0.15) is 5.69 Å². The van der Waals surface area contributed by atoms with E-state index in [9.17, 15) is 9.18 Å². The molecule has 3 nitrogen and oxygen atoms in total. The number of nitrogens with zero attached hydrogens (tertiary/aromatic N) is 1. The van der Waals surface area contributed by atoms with Crippen LogP contribution in [0.2, 0.25) is 0 Å². The van der Waals surface area contributed by atoms with Gasteiger partial charge >= 0.3 is 0 Å². The Balaban J connectivity index is 1.98. The Labute approximate surface area is 112 Å². The number of hydrogen-bond acceptors (Lipinski definition) is 2. The number of carbonyl (C=O) groups excluding carboxylic acids is 1. The van der Waals surface area contributed by atoms with Crippen molar-refractivity contribution in [3.05, 3.63) is 64.1 Å². The van der Waals surface area contributed by atoms with Crippen molar-refractivity contribution < 1.29 is 9.18 Å². The van der Waals surface area contributed by atoms with E-state index in [1.807, 2.05) is 24.3 Å². The average molecular weight is 309 g/mol. The molecular weight excluding hydrogens is 299 g/mol. The highest BCUT2D eigenvalue weighted by Gasteiger charge is 2.07. The average Bonchev–Trinajstić information content (AvgIpc) is 2.38. The first-order chi connectivity index (χ1) is 8.65. The van der Waals surface area contributed by atoms with Crippen LogP contribution in [-0.2, 0) is 6.54 Å². The van der Waals surface area contributed by atoms with Crippen LogP contribution < -0.4 is 5.32 Å². The van der Waals surface area contributed by atoms with Crippen molar-refractivity contribution in [2.45, 2.75) is 6.54 Å². The molecule has 0 aliphatic heterocycles. The molecule has 1 heterocycles. The third-order valence-corrected chi connectivity index (χ3v) is 2.84. The van der Waals surface area contributed by atoms with Crippen LogP contribution in [0.4, 0.5) is 4.39 Å². The second-order valence-corrected chi connectivity index (χ2v) is 4.57. The molecule has 1 aromatic carbocycles. The molecule has 0 fully saturated rings. The van der Waals surface area contributed by atoms with Gasteiger partial charge in [0.25, 0.3) is 5.91 Å². The fourth-order valence-corrected chi connectivity index (χ4v) is 1.67. The van der Waals surface area contributed by atoms with Gasteiger partial charge in [0.2, 0.25) is 5.95 Å². The van der Waals surface area contributed by atoms with E-state index < -0.39 is 11.9 Å².